The zero-order valence-electron chi connectivity index (χ0n) is 13.6. The zero-order chi connectivity index (χ0) is 16.2. The average Bonchev–Trinajstić information content (AvgIpc) is 2.92. The van der Waals surface area contributed by atoms with Crippen LogP contribution < -0.4 is 0 Å². The highest BCUT2D eigenvalue weighted by Crippen LogP contribution is 2.21. The molecule has 2 heterocycles. The van der Waals surface area contributed by atoms with Crippen LogP contribution >= 0.6 is 0 Å². The topological polar surface area (TPSA) is 49.9 Å². The van der Waals surface area contributed by atoms with Gasteiger partial charge in [-0.2, -0.15) is 0 Å². The van der Waals surface area contributed by atoms with Crippen LogP contribution in [0.15, 0.2) is 30.3 Å². The van der Waals surface area contributed by atoms with Gasteiger partial charge >= 0.3 is 0 Å². The molecule has 2 atom stereocenters. The van der Waals surface area contributed by atoms with Crippen molar-refractivity contribution in [3.8, 4) is 0 Å². The van der Waals surface area contributed by atoms with Gasteiger partial charge in [-0.1, -0.05) is 30.3 Å². The molecule has 1 aromatic rings. The third-order valence-corrected chi connectivity index (χ3v) is 4.74. The van der Waals surface area contributed by atoms with Crippen molar-refractivity contribution in [1.29, 1.82) is 0 Å². The molecule has 0 aromatic heterocycles. The van der Waals surface area contributed by atoms with Gasteiger partial charge < -0.3 is 14.5 Å². The number of likely N-dealkylation sites (tertiary alicyclic amines) is 1. The molecule has 0 radical (unpaired) electrons. The van der Waals surface area contributed by atoms with E-state index in [1.54, 1.807) is 11.9 Å². The monoisotopic (exact) mass is 316 g/mol. The van der Waals surface area contributed by atoms with E-state index in [2.05, 4.69) is 12.1 Å². The number of morpholine rings is 1. The van der Waals surface area contributed by atoms with E-state index >= 15 is 0 Å². The first-order chi connectivity index (χ1) is 11.1. The number of aryl methyl sites for hydroxylation is 1. The molecule has 124 valence electrons. The van der Waals surface area contributed by atoms with Crippen molar-refractivity contribution in [2.75, 3.05) is 33.3 Å². The summed E-state index contributed by atoms with van der Waals surface area (Å²) < 4.78 is 5.81. The molecule has 2 aliphatic heterocycles. The van der Waals surface area contributed by atoms with Crippen LogP contribution in [-0.2, 0) is 20.7 Å². The SMILES string of the molecule is CN1C[C@H](C(=O)N2CCO[C@H](CCc3ccccc3)C2)CC1=O. The lowest BCUT2D eigenvalue weighted by Gasteiger charge is -2.34. The maximum absolute atomic E-state index is 12.6. The van der Waals surface area contributed by atoms with Gasteiger partial charge in [0, 0.05) is 33.1 Å². The number of hydrogen-bond donors (Lipinski definition) is 0. The normalized spacial score (nSPS) is 25.0. The van der Waals surface area contributed by atoms with E-state index in [1.807, 2.05) is 23.1 Å². The van der Waals surface area contributed by atoms with Gasteiger partial charge in [0.05, 0.1) is 18.6 Å². The van der Waals surface area contributed by atoms with E-state index in [0.717, 1.165) is 12.8 Å². The lowest BCUT2D eigenvalue weighted by atomic mass is 10.0. The third-order valence-electron chi connectivity index (χ3n) is 4.74. The maximum Gasteiger partial charge on any atom is 0.228 e. The summed E-state index contributed by atoms with van der Waals surface area (Å²) in [5, 5.41) is 0. The quantitative estimate of drug-likeness (QED) is 0.842. The summed E-state index contributed by atoms with van der Waals surface area (Å²) in [4.78, 5) is 27.8. The molecular weight excluding hydrogens is 292 g/mol. The molecule has 1 aromatic carbocycles. The summed E-state index contributed by atoms with van der Waals surface area (Å²) >= 11 is 0. The van der Waals surface area contributed by atoms with E-state index < -0.39 is 0 Å². The maximum atomic E-state index is 12.6. The molecule has 0 N–H and O–H groups in total. The second-order valence-corrected chi connectivity index (χ2v) is 6.48. The fourth-order valence-corrected chi connectivity index (χ4v) is 3.35. The summed E-state index contributed by atoms with van der Waals surface area (Å²) in [7, 11) is 1.76. The minimum atomic E-state index is -0.180. The van der Waals surface area contributed by atoms with Crippen molar-refractivity contribution in [3.05, 3.63) is 35.9 Å². The van der Waals surface area contributed by atoms with E-state index in [4.69, 9.17) is 4.74 Å². The van der Waals surface area contributed by atoms with Crippen LogP contribution in [0.25, 0.3) is 0 Å². The lowest BCUT2D eigenvalue weighted by Crippen LogP contribution is -2.48. The number of benzene rings is 1. The molecule has 0 bridgehead atoms. The molecular formula is C18H24N2O3. The average molecular weight is 316 g/mol. The summed E-state index contributed by atoms with van der Waals surface area (Å²) in [5.74, 6) is -0.00618. The highest BCUT2D eigenvalue weighted by molar-refractivity contribution is 5.89. The number of carbonyl (C=O) groups is 2. The molecule has 23 heavy (non-hydrogen) atoms. The van der Waals surface area contributed by atoms with Gasteiger partial charge in [-0.3, -0.25) is 9.59 Å². The van der Waals surface area contributed by atoms with Crippen LogP contribution in [0.5, 0.6) is 0 Å². The lowest BCUT2D eigenvalue weighted by molar-refractivity contribution is -0.143. The van der Waals surface area contributed by atoms with Gasteiger partial charge in [-0.05, 0) is 18.4 Å². The highest BCUT2D eigenvalue weighted by Gasteiger charge is 2.36. The fraction of sp³-hybridized carbons (Fsp3) is 0.556. The van der Waals surface area contributed by atoms with Crippen LogP contribution in [0.1, 0.15) is 18.4 Å². The number of ether oxygens (including phenoxy) is 1. The molecule has 0 saturated carbocycles. The van der Waals surface area contributed by atoms with E-state index in [1.165, 1.54) is 5.56 Å². The summed E-state index contributed by atoms with van der Waals surface area (Å²) in [6.07, 6.45) is 2.30. The molecule has 2 amide bonds. The Labute approximate surface area is 137 Å². The molecule has 3 rings (SSSR count). The van der Waals surface area contributed by atoms with Crippen molar-refractivity contribution in [3.63, 3.8) is 0 Å². The second kappa shape index (κ2) is 7.13. The van der Waals surface area contributed by atoms with Gasteiger partial charge in [-0.15, -0.1) is 0 Å². The Bertz CT molecular complexity index is 561. The van der Waals surface area contributed by atoms with E-state index in [0.29, 0.717) is 32.7 Å². The van der Waals surface area contributed by atoms with Crippen LogP contribution in [0.4, 0.5) is 0 Å². The summed E-state index contributed by atoms with van der Waals surface area (Å²) in [6, 6.07) is 10.3. The van der Waals surface area contributed by atoms with Crippen molar-refractivity contribution in [1.82, 2.24) is 9.80 Å². The third kappa shape index (κ3) is 3.91. The molecule has 5 nitrogen and oxygen atoms in total. The van der Waals surface area contributed by atoms with Crippen LogP contribution in [0.3, 0.4) is 0 Å². The van der Waals surface area contributed by atoms with Gasteiger partial charge in [0.2, 0.25) is 11.8 Å². The number of nitrogens with zero attached hydrogens (tertiary/aromatic N) is 2. The summed E-state index contributed by atoms with van der Waals surface area (Å²) in [5.41, 5.74) is 1.29. The van der Waals surface area contributed by atoms with Crippen molar-refractivity contribution >= 4 is 11.8 Å². The molecule has 0 spiro atoms. The molecule has 2 saturated heterocycles. The van der Waals surface area contributed by atoms with E-state index in [9.17, 15) is 9.59 Å². The molecule has 2 fully saturated rings. The first-order valence-corrected chi connectivity index (χ1v) is 8.32. The number of carbonyl (C=O) groups excluding carboxylic acids is 2. The predicted molar refractivity (Wildman–Crippen MR) is 86.8 cm³/mol. The Morgan fingerprint density at radius 2 is 2.04 bits per heavy atom. The smallest absolute Gasteiger partial charge is 0.228 e. The Balaban J connectivity index is 1.52. The van der Waals surface area contributed by atoms with Crippen molar-refractivity contribution < 1.29 is 14.3 Å². The molecule has 0 aliphatic carbocycles. The first kappa shape index (κ1) is 16.0. The van der Waals surface area contributed by atoms with Crippen LogP contribution in [-0.4, -0.2) is 61.0 Å². The number of amides is 2. The van der Waals surface area contributed by atoms with Gasteiger partial charge in [0.1, 0.15) is 0 Å². The van der Waals surface area contributed by atoms with Gasteiger partial charge in [-0.25, -0.2) is 0 Å². The number of hydrogen-bond acceptors (Lipinski definition) is 3. The summed E-state index contributed by atoms with van der Waals surface area (Å²) in [6.45, 7) is 2.40. The Morgan fingerprint density at radius 1 is 1.26 bits per heavy atom. The fourth-order valence-electron chi connectivity index (χ4n) is 3.35. The second-order valence-electron chi connectivity index (χ2n) is 6.48. The van der Waals surface area contributed by atoms with Gasteiger partial charge in [0.15, 0.2) is 0 Å². The largest absolute Gasteiger partial charge is 0.375 e. The van der Waals surface area contributed by atoms with Crippen LogP contribution in [0.2, 0.25) is 0 Å². The Morgan fingerprint density at radius 3 is 2.74 bits per heavy atom. The van der Waals surface area contributed by atoms with Crippen molar-refractivity contribution in [2.24, 2.45) is 5.92 Å². The predicted octanol–water partition coefficient (Wildman–Crippen LogP) is 1.32. The first-order valence-electron chi connectivity index (χ1n) is 8.32. The minimum Gasteiger partial charge on any atom is -0.375 e. The standard InChI is InChI=1S/C18H24N2O3/c1-19-12-15(11-17(19)21)18(22)20-9-10-23-16(13-20)8-7-14-5-3-2-4-6-14/h2-6,15-16H,7-13H2,1H3/t15-,16-/m1/s1. The van der Waals surface area contributed by atoms with E-state index in [-0.39, 0.29) is 23.8 Å². The molecule has 0 unspecified atom stereocenters. The van der Waals surface area contributed by atoms with Crippen molar-refractivity contribution in [2.45, 2.75) is 25.4 Å². The Kier molecular flexibility index (Phi) is 4.96. The minimum absolute atomic E-state index is 0.0669. The Hall–Kier alpha value is -1.88. The zero-order valence-corrected chi connectivity index (χ0v) is 13.6. The van der Waals surface area contributed by atoms with Crippen LogP contribution in [0, 0.1) is 5.92 Å². The number of rotatable bonds is 4. The van der Waals surface area contributed by atoms with Gasteiger partial charge in [0.25, 0.3) is 0 Å². The molecule has 5 heteroatoms. The highest BCUT2D eigenvalue weighted by atomic mass is 16.5. The molecule has 2 aliphatic rings.